The van der Waals surface area contributed by atoms with Gasteiger partial charge in [0.2, 0.25) is 5.91 Å². The van der Waals surface area contributed by atoms with Crippen LogP contribution >= 0.6 is 15.9 Å². The van der Waals surface area contributed by atoms with Gasteiger partial charge in [-0.25, -0.2) is 0 Å². The number of carbonyl (C=O) groups is 3. The third-order valence-electron chi connectivity index (χ3n) is 8.79. The molecule has 0 aromatic heterocycles. The topological polar surface area (TPSA) is 107 Å². The minimum absolute atomic E-state index is 0.169. The number of fused-ring (bicyclic) bond motifs is 2. The van der Waals surface area contributed by atoms with E-state index in [0.29, 0.717) is 18.5 Å². The molecule has 6 rings (SSSR count). The Labute approximate surface area is 246 Å². The van der Waals surface area contributed by atoms with Crippen molar-refractivity contribution in [3.63, 3.8) is 0 Å². The summed E-state index contributed by atoms with van der Waals surface area (Å²) >= 11 is 3.59. The first-order valence-electron chi connectivity index (χ1n) is 13.7. The number of anilines is 1. The number of amides is 2. The van der Waals surface area contributed by atoms with E-state index < -0.39 is 60.0 Å². The average molecular weight is 620 g/mol. The number of hydrogen-bond donors (Lipinski definition) is 2. The number of aliphatic carboxylic acids is 1. The normalized spacial score (nSPS) is 29.0. The van der Waals surface area contributed by atoms with E-state index in [9.17, 15) is 24.6 Å². The zero-order valence-electron chi connectivity index (χ0n) is 22.3. The first kappa shape index (κ1) is 27.6. The summed E-state index contributed by atoms with van der Waals surface area (Å²) in [6, 6.07) is 21.1. The summed E-state index contributed by atoms with van der Waals surface area (Å²) in [6.45, 7) is 3.64. The molecule has 7 atom stereocenters. The molecule has 0 aliphatic carbocycles. The Kier molecular flexibility index (Phi) is 7.21. The molecule has 3 heterocycles. The van der Waals surface area contributed by atoms with Crippen molar-refractivity contribution < 1.29 is 29.3 Å². The Morgan fingerprint density at radius 2 is 1.83 bits per heavy atom. The number of nitrogens with zero attached hydrogens (tertiary/aromatic N) is 2. The standard InChI is InChI=1S/C32H31BrN2O6/c1-2-14-34(22-13-12-20-10-6-7-11-21(20)16-22)30(38)28-32-17-24(33)27(41-32)25(31(39)40)26(32)29(37)35(28)23(18-36)15-19-8-4-3-5-9-19/h2-13,16,23-28,36H,1,14-15,17-18H2,(H,39,40)/t23-,24?,25+,26-,27+,28+,32-/m1/s1. The quantitative estimate of drug-likeness (QED) is 0.279. The number of halogens is 1. The number of carboxylic acid groups (broad SMARTS) is 1. The Balaban J connectivity index is 1.47. The van der Waals surface area contributed by atoms with Gasteiger partial charge in [-0.3, -0.25) is 14.4 Å². The zero-order valence-corrected chi connectivity index (χ0v) is 23.9. The molecule has 3 saturated heterocycles. The van der Waals surface area contributed by atoms with Crippen molar-refractivity contribution in [2.75, 3.05) is 18.1 Å². The van der Waals surface area contributed by atoms with Crippen LogP contribution in [0.3, 0.4) is 0 Å². The lowest BCUT2D eigenvalue weighted by Gasteiger charge is -2.39. The number of rotatable bonds is 9. The number of aliphatic hydroxyl groups excluding tert-OH is 1. The second-order valence-electron chi connectivity index (χ2n) is 11.0. The predicted molar refractivity (Wildman–Crippen MR) is 158 cm³/mol. The monoisotopic (exact) mass is 618 g/mol. The predicted octanol–water partition coefficient (Wildman–Crippen LogP) is 3.80. The summed E-state index contributed by atoms with van der Waals surface area (Å²) in [6.07, 6.45) is 1.48. The van der Waals surface area contributed by atoms with Crippen molar-refractivity contribution in [1.82, 2.24) is 4.90 Å². The molecule has 212 valence electrons. The average Bonchev–Trinajstić information content (AvgIpc) is 3.58. The highest BCUT2D eigenvalue weighted by molar-refractivity contribution is 9.09. The van der Waals surface area contributed by atoms with Crippen LogP contribution in [0.4, 0.5) is 5.69 Å². The van der Waals surface area contributed by atoms with Crippen molar-refractivity contribution in [3.05, 3.63) is 91.0 Å². The van der Waals surface area contributed by atoms with Crippen LogP contribution < -0.4 is 4.90 Å². The molecule has 41 heavy (non-hydrogen) atoms. The minimum Gasteiger partial charge on any atom is -0.481 e. The largest absolute Gasteiger partial charge is 0.481 e. The maximum atomic E-state index is 14.8. The molecule has 2 bridgehead atoms. The number of ether oxygens (including phenoxy) is 1. The van der Waals surface area contributed by atoms with Crippen LogP contribution in [0.2, 0.25) is 0 Å². The number of aliphatic hydroxyl groups is 1. The van der Waals surface area contributed by atoms with Crippen LogP contribution in [0.25, 0.3) is 10.8 Å². The van der Waals surface area contributed by atoms with Gasteiger partial charge in [0, 0.05) is 17.1 Å². The van der Waals surface area contributed by atoms with Crippen molar-refractivity contribution in [2.45, 2.75) is 41.5 Å². The molecule has 2 N–H and O–H groups in total. The first-order valence-corrected chi connectivity index (χ1v) is 14.6. The fraction of sp³-hybridized carbons (Fsp3) is 0.344. The van der Waals surface area contributed by atoms with Gasteiger partial charge < -0.3 is 24.7 Å². The molecule has 0 radical (unpaired) electrons. The van der Waals surface area contributed by atoms with E-state index >= 15 is 0 Å². The Morgan fingerprint density at radius 3 is 2.51 bits per heavy atom. The molecule has 3 aliphatic rings. The van der Waals surface area contributed by atoms with E-state index in [1.54, 1.807) is 11.0 Å². The van der Waals surface area contributed by atoms with Crippen LogP contribution in [-0.2, 0) is 25.5 Å². The van der Waals surface area contributed by atoms with Crippen molar-refractivity contribution >= 4 is 50.2 Å². The molecule has 1 unspecified atom stereocenters. The number of carboxylic acids is 1. The van der Waals surface area contributed by atoms with Crippen molar-refractivity contribution in [1.29, 1.82) is 0 Å². The molecule has 3 aromatic carbocycles. The Hall–Kier alpha value is -3.53. The lowest BCUT2D eigenvalue weighted by Crippen LogP contribution is -2.59. The molecule has 2 amide bonds. The smallest absolute Gasteiger partial charge is 0.310 e. The van der Waals surface area contributed by atoms with Gasteiger partial charge >= 0.3 is 5.97 Å². The van der Waals surface area contributed by atoms with Crippen LogP contribution in [0, 0.1) is 11.8 Å². The third-order valence-corrected chi connectivity index (χ3v) is 9.63. The molecule has 3 aliphatic heterocycles. The number of carbonyl (C=O) groups excluding carboxylic acids is 2. The van der Waals surface area contributed by atoms with E-state index in [4.69, 9.17) is 4.74 Å². The number of alkyl halides is 1. The summed E-state index contributed by atoms with van der Waals surface area (Å²) in [4.78, 5) is 44.2. The molecule has 0 saturated carbocycles. The van der Waals surface area contributed by atoms with E-state index in [-0.39, 0.29) is 11.4 Å². The third kappa shape index (κ3) is 4.38. The molecule has 1 spiro atoms. The summed E-state index contributed by atoms with van der Waals surface area (Å²) in [5, 5.41) is 22.8. The lowest BCUT2D eigenvalue weighted by molar-refractivity contribution is -0.150. The fourth-order valence-corrected chi connectivity index (χ4v) is 8.05. The molecule has 3 fully saturated rings. The van der Waals surface area contributed by atoms with Crippen LogP contribution in [0.5, 0.6) is 0 Å². The molecule has 8 nitrogen and oxygen atoms in total. The Bertz CT molecular complexity index is 1510. The molecular formula is C32H31BrN2O6. The van der Waals surface area contributed by atoms with Crippen molar-refractivity contribution in [3.8, 4) is 0 Å². The van der Waals surface area contributed by atoms with Crippen LogP contribution in [0.1, 0.15) is 12.0 Å². The van der Waals surface area contributed by atoms with Crippen molar-refractivity contribution in [2.24, 2.45) is 11.8 Å². The van der Waals surface area contributed by atoms with Gasteiger partial charge in [0.05, 0.1) is 30.6 Å². The van der Waals surface area contributed by atoms with E-state index in [1.807, 2.05) is 72.8 Å². The number of likely N-dealkylation sites (tertiary alicyclic amines) is 1. The lowest BCUT2D eigenvalue weighted by atomic mass is 9.70. The fourth-order valence-electron chi connectivity index (χ4n) is 7.10. The van der Waals surface area contributed by atoms with Gasteiger partial charge in [0.1, 0.15) is 11.6 Å². The summed E-state index contributed by atoms with van der Waals surface area (Å²) in [5.41, 5.74) is 0.161. The summed E-state index contributed by atoms with van der Waals surface area (Å²) in [7, 11) is 0. The molecule has 3 aromatic rings. The number of hydrogen-bond acceptors (Lipinski definition) is 5. The highest BCUT2D eigenvalue weighted by Gasteiger charge is 2.77. The molecule has 9 heteroatoms. The Morgan fingerprint density at radius 1 is 1.12 bits per heavy atom. The van der Waals surface area contributed by atoms with Gasteiger partial charge in [0.15, 0.2) is 0 Å². The SMILES string of the molecule is C=CCN(C(=O)[C@@H]1N([C@@H](CO)Cc2ccccc2)C(=O)[C@H]2[C@H](C(=O)O)[C@H]3O[C@@]12CC3Br)c1ccc2ccccc2c1. The highest BCUT2D eigenvalue weighted by Crippen LogP contribution is 2.60. The van der Waals surface area contributed by atoms with Gasteiger partial charge in [-0.2, -0.15) is 0 Å². The zero-order chi connectivity index (χ0) is 28.9. The summed E-state index contributed by atoms with van der Waals surface area (Å²) in [5.74, 6) is -4.14. The van der Waals surface area contributed by atoms with Crippen LogP contribution in [-0.4, -0.2) is 74.7 Å². The maximum Gasteiger partial charge on any atom is 0.310 e. The van der Waals surface area contributed by atoms with E-state index in [2.05, 4.69) is 22.5 Å². The van der Waals surface area contributed by atoms with Gasteiger partial charge in [-0.1, -0.05) is 82.7 Å². The van der Waals surface area contributed by atoms with Crippen LogP contribution in [0.15, 0.2) is 85.5 Å². The number of benzene rings is 3. The van der Waals surface area contributed by atoms with E-state index in [0.717, 1.165) is 16.3 Å². The second-order valence-corrected chi connectivity index (χ2v) is 12.2. The highest BCUT2D eigenvalue weighted by atomic mass is 79.9. The van der Waals surface area contributed by atoms with Gasteiger partial charge in [-0.05, 0) is 41.3 Å². The first-order chi connectivity index (χ1) is 19.8. The second kappa shape index (κ2) is 10.7. The summed E-state index contributed by atoms with van der Waals surface area (Å²) < 4.78 is 6.44. The maximum absolute atomic E-state index is 14.8. The van der Waals surface area contributed by atoms with E-state index in [1.165, 1.54) is 4.90 Å². The van der Waals surface area contributed by atoms with Gasteiger partial charge in [-0.15, -0.1) is 6.58 Å². The molecular weight excluding hydrogens is 588 g/mol. The minimum atomic E-state index is -1.35. The van der Waals surface area contributed by atoms with Gasteiger partial charge in [0.25, 0.3) is 5.91 Å².